The lowest BCUT2D eigenvalue weighted by atomic mass is 10.1. The Bertz CT molecular complexity index is 1050. The number of rotatable bonds is 5. The highest BCUT2D eigenvalue weighted by Crippen LogP contribution is 2.32. The average Bonchev–Trinajstić information content (AvgIpc) is 3.31. The van der Waals surface area contributed by atoms with Gasteiger partial charge in [0, 0.05) is 23.7 Å². The molecule has 2 heterocycles. The van der Waals surface area contributed by atoms with Gasteiger partial charge in [0.15, 0.2) is 0 Å². The van der Waals surface area contributed by atoms with Crippen molar-refractivity contribution >= 4 is 35.1 Å². The van der Waals surface area contributed by atoms with Gasteiger partial charge >= 0.3 is 6.01 Å². The number of hydrogen-bond acceptors (Lipinski definition) is 5. The molecule has 1 fully saturated rings. The SMILES string of the molecule is Cc1ccccc1CC(=O)Nc1nnc([C@H]2CC(=O)N(c3ccc(Cl)cc3)C2)o1. The van der Waals surface area contributed by atoms with Crippen molar-refractivity contribution in [3.63, 3.8) is 0 Å². The Kier molecular flexibility index (Phi) is 5.31. The second kappa shape index (κ2) is 8.05. The predicted molar refractivity (Wildman–Crippen MR) is 109 cm³/mol. The van der Waals surface area contributed by atoms with E-state index in [1.54, 1.807) is 29.2 Å². The Balaban J connectivity index is 1.40. The molecular weight excluding hydrogens is 392 g/mol. The van der Waals surface area contributed by atoms with Gasteiger partial charge in [-0.1, -0.05) is 41.0 Å². The van der Waals surface area contributed by atoms with Crippen molar-refractivity contribution in [1.29, 1.82) is 0 Å². The minimum atomic E-state index is -0.236. The summed E-state index contributed by atoms with van der Waals surface area (Å²) in [4.78, 5) is 26.3. The van der Waals surface area contributed by atoms with Crippen molar-refractivity contribution in [1.82, 2.24) is 10.2 Å². The first kappa shape index (κ1) is 19.1. The van der Waals surface area contributed by atoms with Crippen LogP contribution in [0.15, 0.2) is 52.9 Å². The van der Waals surface area contributed by atoms with Crippen LogP contribution in [0.3, 0.4) is 0 Å². The van der Waals surface area contributed by atoms with Crippen LogP contribution in [0.1, 0.15) is 29.4 Å². The van der Waals surface area contributed by atoms with Crippen molar-refractivity contribution in [2.24, 2.45) is 0 Å². The fourth-order valence-electron chi connectivity index (χ4n) is 3.34. The van der Waals surface area contributed by atoms with Gasteiger partial charge < -0.3 is 9.32 Å². The number of carbonyl (C=O) groups excluding carboxylic acids is 2. The Labute approximate surface area is 172 Å². The third kappa shape index (κ3) is 4.30. The van der Waals surface area contributed by atoms with Crippen molar-refractivity contribution in [2.75, 3.05) is 16.8 Å². The van der Waals surface area contributed by atoms with Crippen LogP contribution in [0.5, 0.6) is 0 Å². The highest BCUT2D eigenvalue weighted by molar-refractivity contribution is 6.30. The van der Waals surface area contributed by atoms with Crippen LogP contribution in [0.4, 0.5) is 11.7 Å². The molecule has 29 heavy (non-hydrogen) atoms. The molecule has 148 valence electrons. The lowest BCUT2D eigenvalue weighted by Crippen LogP contribution is -2.24. The van der Waals surface area contributed by atoms with Gasteiger partial charge in [0.05, 0.1) is 12.3 Å². The topological polar surface area (TPSA) is 88.3 Å². The maximum atomic E-state index is 12.4. The normalized spacial score (nSPS) is 16.3. The molecule has 4 rings (SSSR count). The second-order valence-electron chi connectivity index (χ2n) is 6.98. The summed E-state index contributed by atoms with van der Waals surface area (Å²) in [5, 5.41) is 11.2. The number of anilines is 2. The number of aromatic nitrogens is 2. The first-order valence-corrected chi connectivity index (χ1v) is 9.61. The van der Waals surface area contributed by atoms with Gasteiger partial charge in [-0.2, -0.15) is 0 Å². The third-order valence-electron chi connectivity index (χ3n) is 4.91. The molecule has 1 aliphatic heterocycles. The van der Waals surface area contributed by atoms with Crippen LogP contribution in [0.2, 0.25) is 5.02 Å². The Morgan fingerprint density at radius 3 is 2.72 bits per heavy atom. The fourth-order valence-corrected chi connectivity index (χ4v) is 3.46. The van der Waals surface area contributed by atoms with Crippen LogP contribution in [-0.2, 0) is 16.0 Å². The zero-order valence-electron chi connectivity index (χ0n) is 15.8. The molecule has 1 atom stereocenters. The van der Waals surface area contributed by atoms with Gasteiger partial charge in [0.1, 0.15) is 0 Å². The highest BCUT2D eigenvalue weighted by Gasteiger charge is 2.35. The van der Waals surface area contributed by atoms with E-state index in [1.807, 2.05) is 31.2 Å². The first-order valence-electron chi connectivity index (χ1n) is 9.23. The molecule has 0 bridgehead atoms. The van der Waals surface area contributed by atoms with Crippen molar-refractivity contribution in [2.45, 2.75) is 25.7 Å². The molecule has 1 aliphatic rings. The van der Waals surface area contributed by atoms with E-state index in [1.165, 1.54) is 0 Å². The molecule has 0 aliphatic carbocycles. The molecule has 2 amide bonds. The minimum absolute atomic E-state index is 0.0272. The number of aryl methyl sites for hydroxylation is 1. The van der Waals surface area contributed by atoms with Gasteiger partial charge in [-0.15, -0.1) is 5.10 Å². The van der Waals surface area contributed by atoms with Gasteiger partial charge in [0.25, 0.3) is 0 Å². The van der Waals surface area contributed by atoms with Crippen LogP contribution in [0, 0.1) is 6.92 Å². The number of benzene rings is 2. The Morgan fingerprint density at radius 1 is 1.21 bits per heavy atom. The van der Waals surface area contributed by atoms with Crippen molar-refractivity contribution in [3.05, 3.63) is 70.6 Å². The quantitative estimate of drug-likeness (QED) is 0.692. The number of nitrogens with zero attached hydrogens (tertiary/aromatic N) is 3. The summed E-state index contributed by atoms with van der Waals surface area (Å²) in [6.07, 6.45) is 0.484. The van der Waals surface area contributed by atoms with E-state index in [4.69, 9.17) is 16.0 Å². The van der Waals surface area contributed by atoms with Gasteiger partial charge in [-0.3, -0.25) is 14.9 Å². The van der Waals surface area contributed by atoms with Crippen LogP contribution in [0.25, 0.3) is 0 Å². The number of halogens is 1. The number of nitrogens with one attached hydrogen (secondary N) is 1. The lowest BCUT2D eigenvalue weighted by Gasteiger charge is -2.16. The number of carbonyl (C=O) groups is 2. The van der Waals surface area contributed by atoms with Crippen molar-refractivity contribution < 1.29 is 14.0 Å². The molecule has 0 saturated carbocycles. The largest absolute Gasteiger partial charge is 0.407 e. The second-order valence-corrected chi connectivity index (χ2v) is 7.42. The van der Waals surface area contributed by atoms with E-state index < -0.39 is 0 Å². The summed E-state index contributed by atoms with van der Waals surface area (Å²) in [7, 11) is 0. The highest BCUT2D eigenvalue weighted by atomic mass is 35.5. The van der Waals surface area contributed by atoms with Gasteiger partial charge in [0.2, 0.25) is 17.7 Å². The number of amides is 2. The average molecular weight is 411 g/mol. The maximum absolute atomic E-state index is 12.4. The van der Waals surface area contributed by atoms with Crippen molar-refractivity contribution in [3.8, 4) is 0 Å². The predicted octanol–water partition coefficient (Wildman–Crippen LogP) is 3.73. The Morgan fingerprint density at radius 2 is 1.97 bits per heavy atom. The molecular formula is C21H19ClN4O3. The molecule has 0 unspecified atom stereocenters. The summed E-state index contributed by atoms with van der Waals surface area (Å²) in [5.74, 6) is -0.158. The van der Waals surface area contributed by atoms with Crippen LogP contribution >= 0.6 is 11.6 Å². The van der Waals surface area contributed by atoms with E-state index in [-0.39, 0.29) is 36.6 Å². The lowest BCUT2D eigenvalue weighted by molar-refractivity contribution is -0.117. The summed E-state index contributed by atoms with van der Waals surface area (Å²) in [6, 6.07) is 14.8. The third-order valence-corrected chi connectivity index (χ3v) is 5.16. The van der Waals surface area contributed by atoms with E-state index in [0.717, 1.165) is 16.8 Å². The summed E-state index contributed by atoms with van der Waals surface area (Å²) >= 11 is 5.91. The molecule has 1 aromatic heterocycles. The first-order chi connectivity index (χ1) is 14.0. The van der Waals surface area contributed by atoms with E-state index in [9.17, 15) is 9.59 Å². The van der Waals surface area contributed by atoms with E-state index in [2.05, 4.69) is 15.5 Å². The molecule has 0 spiro atoms. The molecule has 1 saturated heterocycles. The summed E-state index contributed by atoms with van der Waals surface area (Å²) < 4.78 is 5.60. The summed E-state index contributed by atoms with van der Waals surface area (Å²) in [5.41, 5.74) is 2.75. The van der Waals surface area contributed by atoms with Crippen LogP contribution < -0.4 is 10.2 Å². The van der Waals surface area contributed by atoms with Gasteiger partial charge in [-0.05, 0) is 42.3 Å². The standard InChI is InChI=1S/C21H19ClN4O3/c1-13-4-2-3-5-14(13)10-18(27)23-21-25-24-20(29-21)15-11-19(28)26(12-15)17-8-6-16(22)7-9-17/h2-9,15H,10-12H2,1H3,(H,23,25,27)/t15-/m0/s1. The van der Waals surface area contributed by atoms with E-state index in [0.29, 0.717) is 17.5 Å². The molecule has 2 aromatic carbocycles. The fraction of sp³-hybridized carbons (Fsp3) is 0.238. The number of hydrogen-bond donors (Lipinski definition) is 1. The molecule has 8 heteroatoms. The van der Waals surface area contributed by atoms with E-state index >= 15 is 0 Å². The van der Waals surface area contributed by atoms with Gasteiger partial charge in [-0.25, -0.2) is 0 Å². The molecule has 1 N–H and O–H groups in total. The molecule has 3 aromatic rings. The summed E-state index contributed by atoms with van der Waals surface area (Å²) in [6.45, 7) is 2.39. The smallest absolute Gasteiger partial charge is 0.322 e. The zero-order valence-corrected chi connectivity index (χ0v) is 16.5. The van der Waals surface area contributed by atoms with Crippen LogP contribution in [-0.4, -0.2) is 28.6 Å². The Hall–Kier alpha value is -3.19. The molecule has 7 nitrogen and oxygen atoms in total. The molecule has 0 radical (unpaired) electrons. The zero-order chi connectivity index (χ0) is 20.4. The minimum Gasteiger partial charge on any atom is -0.407 e. The maximum Gasteiger partial charge on any atom is 0.322 e. The monoisotopic (exact) mass is 410 g/mol.